The van der Waals surface area contributed by atoms with E-state index in [2.05, 4.69) is 5.32 Å². The first kappa shape index (κ1) is 14.9. The van der Waals surface area contributed by atoms with Gasteiger partial charge >= 0.3 is 0 Å². The molecule has 1 rings (SSSR count). The molecule has 0 fully saturated rings. The molecule has 0 atom stereocenters. The molecule has 1 aromatic rings. The van der Waals surface area contributed by atoms with E-state index in [1.54, 1.807) is 26.2 Å². The van der Waals surface area contributed by atoms with Crippen molar-refractivity contribution in [2.24, 2.45) is 5.92 Å². The van der Waals surface area contributed by atoms with E-state index in [4.69, 9.17) is 0 Å². The summed E-state index contributed by atoms with van der Waals surface area (Å²) in [4.78, 5) is 23.7. The van der Waals surface area contributed by atoms with Crippen molar-refractivity contribution in [2.45, 2.75) is 13.8 Å². The largest absolute Gasteiger partial charge is 0.379 e. The second-order valence-corrected chi connectivity index (χ2v) is 4.96. The van der Waals surface area contributed by atoms with Crippen LogP contribution in [0.15, 0.2) is 18.2 Å². The van der Waals surface area contributed by atoms with Crippen molar-refractivity contribution >= 4 is 17.3 Å². The zero-order valence-electron chi connectivity index (χ0n) is 11.6. The van der Waals surface area contributed by atoms with Crippen LogP contribution in [0.3, 0.4) is 0 Å². The second-order valence-electron chi connectivity index (χ2n) is 4.96. The fourth-order valence-corrected chi connectivity index (χ4v) is 1.54. The molecule has 0 unspecified atom stereocenters. The number of hydrogen-bond donors (Lipinski definition) is 1. The van der Waals surface area contributed by atoms with Gasteiger partial charge in [-0.15, -0.1) is 0 Å². The number of benzene rings is 1. The lowest BCUT2D eigenvalue weighted by Crippen LogP contribution is -2.21. The topological polar surface area (TPSA) is 75.5 Å². The predicted octanol–water partition coefficient (Wildman–Crippen LogP) is 2.36. The number of anilines is 1. The van der Waals surface area contributed by atoms with Crippen molar-refractivity contribution in [3.63, 3.8) is 0 Å². The van der Waals surface area contributed by atoms with E-state index in [-0.39, 0.29) is 11.6 Å². The molecule has 104 valence electrons. The monoisotopic (exact) mass is 265 g/mol. The molecule has 0 heterocycles. The normalized spacial score (nSPS) is 10.4. The standard InChI is InChI=1S/C13H19N3O3/c1-9(2)8-14-11-6-5-10(13(17)15(3)4)7-12(11)16(18)19/h5-7,9,14H,8H2,1-4H3. The van der Waals surface area contributed by atoms with Crippen LogP contribution in [0.1, 0.15) is 24.2 Å². The Morgan fingerprint density at radius 3 is 2.53 bits per heavy atom. The minimum absolute atomic E-state index is 0.0756. The lowest BCUT2D eigenvalue weighted by Gasteiger charge is -2.12. The Hall–Kier alpha value is -2.11. The van der Waals surface area contributed by atoms with Gasteiger partial charge in [-0.3, -0.25) is 14.9 Å². The Bertz CT molecular complexity index is 484. The molecule has 0 saturated heterocycles. The summed E-state index contributed by atoms with van der Waals surface area (Å²) in [5.74, 6) is 0.126. The van der Waals surface area contributed by atoms with E-state index >= 15 is 0 Å². The maximum atomic E-state index is 11.8. The highest BCUT2D eigenvalue weighted by Gasteiger charge is 2.18. The number of hydrogen-bond acceptors (Lipinski definition) is 4. The molecule has 0 radical (unpaired) electrons. The van der Waals surface area contributed by atoms with Crippen LogP contribution in [-0.2, 0) is 0 Å². The molecule has 6 heteroatoms. The SMILES string of the molecule is CC(C)CNc1ccc(C(=O)N(C)C)cc1[N+](=O)[O-]. The maximum absolute atomic E-state index is 11.8. The molecule has 0 aromatic heterocycles. The van der Waals surface area contributed by atoms with E-state index < -0.39 is 4.92 Å². The van der Waals surface area contributed by atoms with Gasteiger partial charge in [-0.2, -0.15) is 0 Å². The Morgan fingerprint density at radius 1 is 1.42 bits per heavy atom. The summed E-state index contributed by atoms with van der Waals surface area (Å²) in [5.41, 5.74) is 0.675. The summed E-state index contributed by atoms with van der Waals surface area (Å²) in [7, 11) is 3.22. The van der Waals surface area contributed by atoms with Gasteiger partial charge in [-0.1, -0.05) is 13.8 Å². The van der Waals surface area contributed by atoms with Crippen LogP contribution < -0.4 is 5.32 Å². The zero-order chi connectivity index (χ0) is 14.6. The van der Waals surface area contributed by atoms with Crippen molar-refractivity contribution in [2.75, 3.05) is 26.0 Å². The second kappa shape index (κ2) is 6.17. The summed E-state index contributed by atoms with van der Waals surface area (Å²) in [6.07, 6.45) is 0. The van der Waals surface area contributed by atoms with Crippen LogP contribution in [0.2, 0.25) is 0 Å². The van der Waals surface area contributed by atoms with Gasteiger partial charge in [0.15, 0.2) is 0 Å². The molecule has 1 amide bonds. The fourth-order valence-electron chi connectivity index (χ4n) is 1.54. The number of nitrogens with one attached hydrogen (secondary N) is 1. The number of carbonyl (C=O) groups is 1. The lowest BCUT2D eigenvalue weighted by atomic mass is 10.1. The van der Waals surface area contributed by atoms with Crippen molar-refractivity contribution in [1.29, 1.82) is 0 Å². The van der Waals surface area contributed by atoms with Gasteiger partial charge < -0.3 is 10.2 Å². The summed E-state index contributed by atoms with van der Waals surface area (Å²) >= 11 is 0. The van der Waals surface area contributed by atoms with Crippen LogP contribution in [0.25, 0.3) is 0 Å². The number of rotatable bonds is 5. The van der Waals surface area contributed by atoms with Crippen LogP contribution in [0.5, 0.6) is 0 Å². The van der Waals surface area contributed by atoms with Gasteiger partial charge in [0.2, 0.25) is 0 Å². The first-order chi connectivity index (χ1) is 8.82. The summed E-state index contributed by atoms with van der Waals surface area (Å²) < 4.78 is 0. The Morgan fingerprint density at radius 2 is 2.05 bits per heavy atom. The van der Waals surface area contributed by atoms with E-state index in [0.29, 0.717) is 23.7 Å². The van der Waals surface area contributed by atoms with E-state index in [1.807, 2.05) is 13.8 Å². The molecule has 0 aliphatic rings. The van der Waals surface area contributed by atoms with E-state index in [9.17, 15) is 14.9 Å². The quantitative estimate of drug-likeness (QED) is 0.655. The van der Waals surface area contributed by atoms with E-state index in [1.165, 1.54) is 11.0 Å². The molecule has 0 aliphatic carbocycles. The minimum atomic E-state index is -0.477. The first-order valence-electron chi connectivity index (χ1n) is 6.07. The average Bonchev–Trinajstić information content (AvgIpc) is 2.34. The maximum Gasteiger partial charge on any atom is 0.293 e. The lowest BCUT2D eigenvalue weighted by molar-refractivity contribution is -0.384. The van der Waals surface area contributed by atoms with Crippen LogP contribution in [-0.4, -0.2) is 36.4 Å². The van der Waals surface area contributed by atoms with Gasteiger partial charge in [0.1, 0.15) is 5.69 Å². The Balaban J connectivity index is 3.08. The molecule has 19 heavy (non-hydrogen) atoms. The molecule has 0 bridgehead atoms. The van der Waals surface area contributed by atoms with Crippen LogP contribution >= 0.6 is 0 Å². The predicted molar refractivity (Wildman–Crippen MR) is 74.4 cm³/mol. The molecule has 1 aromatic carbocycles. The third kappa shape index (κ3) is 3.94. The minimum Gasteiger partial charge on any atom is -0.379 e. The highest BCUT2D eigenvalue weighted by Crippen LogP contribution is 2.26. The number of nitro groups is 1. The zero-order valence-corrected chi connectivity index (χ0v) is 11.6. The van der Waals surface area contributed by atoms with Crippen LogP contribution in [0, 0.1) is 16.0 Å². The third-order valence-electron chi connectivity index (χ3n) is 2.55. The van der Waals surface area contributed by atoms with Gasteiger partial charge in [0.05, 0.1) is 4.92 Å². The Labute approximate surface area is 112 Å². The number of carbonyl (C=O) groups excluding carboxylic acids is 1. The highest BCUT2D eigenvalue weighted by atomic mass is 16.6. The third-order valence-corrected chi connectivity index (χ3v) is 2.55. The van der Waals surface area contributed by atoms with Crippen molar-refractivity contribution in [1.82, 2.24) is 4.90 Å². The molecular formula is C13H19N3O3. The van der Waals surface area contributed by atoms with Gasteiger partial charge in [0, 0.05) is 32.3 Å². The molecular weight excluding hydrogens is 246 g/mol. The molecule has 6 nitrogen and oxygen atoms in total. The summed E-state index contributed by atoms with van der Waals surface area (Å²) in [5, 5.41) is 14.1. The van der Waals surface area contributed by atoms with Gasteiger partial charge in [-0.25, -0.2) is 0 Å². The molecule has 1 N–H and O–H groups in total. The van der Waals surface area contributed by atoms with Gasteiger partial charge in [0.25, 0.3) is 11.6 Å². The smallest absolute Gasteiger partial charge is 0.293 e. The number of nitrogens with zero attached hydrogens (tertiary/aromatic N) is 2. The Kier molecular flexibility index (Phi) is 4.86. The van der Waals surface area contributed by atoms with Crippen molar-refractivity contribution in [3.8, 4) is 0 Å². The number of amides is 1. The molecule has 0 saturated carbocycles. The van der Waals surface area contributed by atoms with Crippen LogP contribution in [0.4, 0.5) is 11.4 Å². The molecule has 0 aliphatic heterocycles. The van der Waals surface area contributed by atoms with E-state index in [0.717, 1.165) is 0 Å². The summed E-state index contributed by atoms with van der Waals surface area (Å²) in [6.45, 7) is 4.67. The average molecular weight is 265 g/mol. The van der Waals surface area contributed by atoms with Crippen molar-refractivity contribution in [3.05, 3.63) is 33.9 Å². The fraction of sp³-hybridized carbons (Fsp3) is 0.462. The van der Waals surface area contributed by atoms with Crippen molar-refractivity contribution < 1.29 is 9.72 Å². The highest BCUT2D eigenvalue weighted by molar-refractivity contribution is 5.95. The number of nitro benzene ring substituents is 1. The van der Waals surface area contributed by atoms with Gasteiger partial charge in [-0.05, 0) is 18.1 Å². The molecule has 0 spiro atoms. The summed E-state index contributed by atoms with van der Waals surface area (Å²) in [6, 6.07) is 4.49. The first-order valence-corrected chi connectivity index (χ1v) is 6.07.